The molecule has 2 aliphatic heterocycles. The fourth-order valence-electron chi connectivity index (χ4n) is 5.78. The summed E-state index contributed by atoms with van der Waals surface area (Å²) >= 11 is 0. The van der Waals surface area contributed by atoms with E-state index in [0.29, 0.717) is 5.92 Å². The first-order valence-electron chi connectivity index (χ1n) is 11.1. The lowest BCUT2D eigenvalue weighted by atomic mass is 9.93. The predicted octanol–water partition coefficient (Wildman–Crippen LogP) is 4.05. The third-order valence-electron chi connectivity index (χ3n) is 7.16. The fraction of sp³-hybridized carbons (Fsp3) is 0.458. The Balaban J connectivity index is 1.41. The third-order valence-corrected chi connectivity index (χ3v) is 7.16. The average Bonchev–Trinajstić information content (AvgIpc) is 3.27. The van der Waals surface area contributed by atoms with Gasteiger partial charge in [-0.05, 0) is 62.8 Å². The molecular weight excluding hydrogens is 393 g/mol. The number of nitrogens with zero attached hydrogens (tertiary/aromatic N) is 5. The molecule has 0 unspecified atom stereocenters. The van der Waals surface area contributed by atoms with Crippen LogP contribution in [-0.2, 0) is 20.5 Å². The molecule has 1 saturated carbocycles. The second-order valence-electron chi connectivity index (χ2n) is 9.36. The molecule has 6 nitrogen and oxygen atoms in total. The van der Waals surface area contributed by atoms with Crippen molar-refractivity contribution in [2.75, 3.05) is 0 Å². The van der Waals surface area contributed by atoms with E-state index in [1.54, 1.807) is 18.3 Å². The van der Waals surface area contributed by atoms with Crippen LogP contribution in [0.3, 0.4) is 0 Å². The largest absolute Gasteiger partial charge is 0.327 e. The molecule has 3 aliphatic rings. The van der Waals surface area contributed by atoms with Crippen LogP contribution in [-0.4, -0.2) is 36.4 Å². The van der Waals surface area contributed by atoms with Gasteiger partial charge < -0.3 is 4.90 Å². The molecule has 6 rings (SSSR count). The molecular formula is C24H26FN5O. The van der Waals surface area contributed by atoms with Crippen LogP contribution in [0.4, 0.5) is 4.39 Å². The molecule has 0 spiro atoms. The maximum Gasteiger partial charge on any atom is 0.258 e. The van der Waals surface area contributed by atoms with Crippen LogP contribution in [0.2, 0.25) is 0 Å². The molecule has 1 amide bonds. The molecule has 2 aromatic heterocycles. The Bertz CT molecular complexity index is 1200. The second kappa shape index (κ2) is 6.52. The quantitative estimate of drug-likeness (QED) is 0.644. The van der Waals surface area contributed by atoms with Gasteiger partial charge in [0.1, 0.15) is 5.82 Å². The highest BCUT2D eigenvalue weighted by Crippen LogP contribution is 2.48. The van der Waals surface area contributed by atoms with Crippen LogP contribution in [0.25, 0.3) is 11.3 Å². The molecule has 1 aliphatic carbocycles. The first kappa shape index (κ1) is 18.8. The zero-order chi connectivity index (χ0) is 21.4. The van der Waals surface area contributed by atoms with Crippen molar-refractivity contribution in [3.8, 4) is 11.3 Å². The van der Waals surface area contributed by atoms with Crippen molar-refractivity contribution >= 4 is 5.91 Å². The van der Waals surface area contributed by atoms with Crippen molar-refractivity contribution in [3.05, 3.63) is 58.3 Å². The van der Waals surface area contributed by atoms with E-state index in [9.17, 15) is 9.18 Å². The van der Waals surface area contributed by atoms with Crippen LogP contribution in [0.15, 0.2) is 24.4 Å². The predicted molar refractivity (Wildman–Crippen MR) is 114 cm³/mol. The Kier molecular flexibility index (Phi) is 3.95. The fourth-order valence-corrected chi connectivity index (χ4v) is 5.78. The summed E-state index contributed by atoms with van der Waals surface area (Å²) in [6, 6.07) is 5.26. The molecule has 160 valence electrons. The van der Waals surface area contributed by atoms with Crippen LogP contribution >= 0.6 is 0 Å². The number of benzene rings is 1. The summed E-state index contributed by atoms with van der Waals surface area (Å²) in [4.78, 5) is 15.7. The molecule has 0 radical (unpaired) electrons. The lowest BCUT2D eigenvalue weighted by Gasteiger charge is -2.34. The summed E-state index contributed by atoms with van der Waals surface area (Å²) < 4.78 is 17.9. The third kappa shape index (κ3) is 2.78. The maximum atomic E-state index is 14.1. The Morgan fingerprint density at radius 3 is 2.65 bits per heavy atom. The molecule has 2 fully saturated rings. The van der Waals surface area contributed by atoms with Crippen molar-refractivity contribution in [2.45, 2.75) is 57.0 Å². The number of amides is 1. The summed E-state index contributed by atoms with van der Waals surface area (Å²) in [6.07, 6.45) is 6.65. The normalized spacial score (nSPS) is 22.1. The Morgan fingerprint density at radius 2 is 1.90 bits per heavy atom. The lowest BCUT2D eigenvalue weighted by molar-refractivity contribution is 0.0641. The molecule has 4 heterocycles. The molecule has 31 heavy (non-hydrogen) atoms. The van der Waals surface area contributed by atoms with Crippen LogP contribution in [0, 0.1) is 12.7 Å². The van der Waals surface area contributed by atoms with Crippen molar-refractivity contribution in [2.24, 2.45) is 14.1 Å². The van der Waals surface area contributed by atoms with E-state index in [0.717, 1.165) is 71.4 Å². The van der Waals surface area contributed by atoms with E-state index in [2.05, 4.69) is 10.00 Å². The minimum Gasteiger partial charge on any atom is -0.327 e. The molecule has 0 N–H and O–H groups in total. The SMILES string of the molecule is Cc1cc(F)cc(-c2c3c(nn2C)[C@@H]2CC[C@H](C3)N2C(=O)c2cnn(C)c2C2CC2)c1. The summed E-state index contributed by atoms with van der Waals surface area (Å²) in [7, 11) is 3.85. The number of rotatable bonds is 3. The monoisotopic (exact) mass is 419 g/mol. The molecule has 1 saturated heterocycles. The topological polar surface area (TPSA) is 56.0 Å². The van der Waals surface area contributed by atoms with Gasteiger partial charge in [0.25, 0.3) is 5.91 Å². The molecule has 1 aromatic carbocycles. The summed E-state index contributed by atoms with van der Waals surface area (Å²) in [5, 5.41) is 9.24. The van der Waals surface area contributed by atoms with Gasteiger partial charge in [-0.25, -0.2) is 4.39 Å². The van der Waals surface area contributed by atoms with Crippen LogP contribution in [0.1, 0.15) is 70.5 Å². The van der Waals surface area contributed by atoms with Gasteiger partial charge in [0.05, 0.1) is 34.9 Å². The van der Waals surface area contributed by atoms with E-state index in [-0.39, 0.29) is 23.8 Å². The van der Waals surface area contributed by atoms with E-state index in [1.807, 2.05) is 36.4 Å². The molecule has 3 aromatic rings. The molecule has 2 atom stereocenters. The average molecular weight is 420 g/mol. The van der Waals surface area contributed by atoms with Gasteiger partial charge in [0.2, 0.25) is 0 Å². The number of halogens is 1. The minimum atomic E-state index is -0.232. The van der Waals surface area contributed by atoms with Gasteiger partial charge in [0.15, 0.2) is 0 Å². The van der Waals surface area contributed by atoms with Gasteiger partial charge in [-0.3, -0.25) is 14.2 Å². The summed E-state index contributed by atoms with van der Waals surface area (Å²) in [6.45, 7) is 1.91. The summed E-state index contributed by atoms with van der Waals surface area (Å²) in [5.74, 6) is 0.314. The van der Waals surface area contributed by atoms with Crippen molar-refractivity contribution < 1.29 is 9.18 Å². The highest BCUT2D eigenvalue weighted by molar-refractivity contribution is 5.96. The molecule has 7 heteroatoms. The van der Waals surface area contributed by atoms with Crippen LogP contribution < -0.4 is 0 Å². The minimum absolute atomic E-state index is 0.0249. The smallest absolute Gasteiger partial charge is 0.258 e. The standard InChI is InChI=1S/C24H26FN5O/c1-13-8-15(10-16(25)9-13)23-18-11-17-6-7-20(21(18)27-29(23)3)30(17)24(31)19-12-26-28(2)22(19)14-4-5-14/h8-10,12,14,17,20H,4-7,11H2,1-3H3/t17-,20+/m1/s1. The van der Waals surface area contributed by atoms with Crippen molar-refractivity contribution in [1.29, 1.82) is 0 Å². The number of carbonyl (C=O) groups is 1. The van der Waals surface area contributed by atoms with E-state index in [4.69, 9.17) is 5.10 Å². The van der Waals surface area contributed by atoms with E-state index >= 15 is 0 Å². The van der Waals surface area contributed by atoms with Crippen molar-refractivity contribution in [3.63, 3.8) is 0 Å². The number of aromatic nitrogens is 4. The van der Waals surface area contributed by atoms with Gasteiger partial charge in [-0.15, -0.1) is 0 Å². The van der Waals surface area contributed by atoms with Gasteiger partial charge >= 0.3 is 0 Å². The Hall–Kier alpha value is -2.96. The zero-order valence-electron chi connectivity index (χ0n) is 18.1. The number of hydrogen-bond donors (Lipinski definition) is 0. The number of fused-ring (bicyclic) bond motifs is 4. The Morgan fingerprint density at radius 1 is 1.10 bits per heavy atom. The number of hydrogen-bond acceptors (Lipinski definition) is 3. The van der Waals surface area contributed by atoms with Gasteiger partial charge in [0, 0.05) is 37.2 Å². The van der Waals surface area contributed by atoms with Gasteiger partial charge in [-0.2, -0.15) is 10.2 Å². The second-order valence-corrected chi connectivity index (χ2v) is 9.36. The number of aryl methyl sites for hydroxylation is 3. The Labute approximate surface area is 180 Å². The maximum absolute atomic E-state index is 14.1. The van der Waals surface area contributed by atoms with Crippen molar-refractivity contribution in [1.82, 2.24) is 24.5 Å². The van der Waals surface area contributed by atoms with E-state index in [1.165, 1.54) is 0 Å². The van der Waals surface area contributed by atoms with Crippen LogP contribution in [0.5, 0.6) is 0 Å². The highest BCUT2D eigenvalue weighted by Gasteiger charge is 2.47. The summed E-state index contributed by atoms with van der Waals surface area (Å²) in [5.41, 5.74) is 6.69. The molecule has 2 bridgehead atoms. The number of carbonyl (C=O) groups excluding carboxylic acids is 1. The van der Waals surface area contributed by atoms with Gasteiger partial charge in [-0.1, -0.05) is 0 Å². The first-order valence-corrected chi connectivity index (χ1v) is 11.1. The highest BCUT2D eigenvalue weighted by atomic mass is 19.1. The van der Waals surface area contributed by atoms with E-state index < -0.39 is 0 Å². The lowest BCUT2D eigenvalue weighted by Crippen LogP contribution is -2.42. The first-order chi connectivity index (χ1) is 14.9. The zero-order valence-corrected chi connectivity index (χ0v) is 18.1.